The number of hydrogen-bond acceptors (Lipinski definition) is 3. The Bertz CT molecular complexity index is 1430. The predicted molar refractivity (Wildman–Crippen MR) is 151 cm³/mol. The van der Waals surface area contributed by atoms with Gasteiger partial charge in [0.05, 0.1) is 11.0 Å². The first kappa shape index (κ1) is 26.1. The smallest absolute Gasteiger partial charge is 0.407 e. The van der Waals surface area contributed by atoms with Gasteiger partial charge in [-0.2, -0.15) is 0 Å². The molecule has 1 aromatic heterocycles. The van der Waals surface area contributed by atoms with Crippen LogP contribution in [0.15, 0.2) is 83.7 Å². The van der Waals surface area contributed by atoms with E-state index >= 15 is 0 Å². The number of nitrogens with one attached hydrogen (secondary N) is 1. The molecule has 198 valence electrons. The topological polar surface area (TPSA) is 81.6 Å². The molecule has 7 nitrogen and oxygen atoms in total. The van der Waals surface area contributed by atoms with Gasteiger partial charge in [0.25, 0.3) is 0 Å². The molecular weight excluding hydrogens is 500 g/mol. The molecule has 38 heavy (non-hydrogen) atoms. The lowest BCUT2D eigenvalue weighted by molar-refractivity contribution is 0.0853. The molecule has 1 fully saturated rings. The number of piperidine rings is 1. The second kappa shape index (κ2) is 11.9. The van der Waals surface area contributed by atoms with Crippen molar-refractivity contribution >= 4 is 28.7 Å². The number of carbonyl (C=O) groups is 1. The fourth-order valence-corrected chi connectivity index (χ4v) is 5.94. The number of carboxylic acid groups (broad SMARTS) is 1. The number of rotatable bonds is 9. The Morgan fingerprint density at radius 3 is 2.53 bits per heavy atom. The molecule has 3 aromatic carbocycles. The van der Waals surface area contributed by atoms with E-state index in [9.17, 15) is 14.7 Å². The van der Waals surface area contributed by atoms with E-state index in [4.69, 9.17) is 11.6 Å². The van der Waals surface area contributed by atoms with Crippen LogP contribution in [0.1, 0.15) is 42.9 Å². The van der Waals surface area contributed by atoms with Crippen LogP contribution in [0.3, 0.4) is 0 Å². The maximum Gasteiger partial charge on any atom is 0.407 e. The molecule has 0 unspecified atom stereocenters. The van der Waals surface area contributed by atoms with Gasteiger partial charge in [-0.05, 0) is 67.6 Å². The minimum atomic E-state index is -0.889. The van der Waals surface area contributed by atoms with Crippen LogP contribution in [0.4, 0.5) is 4.79 Å². The lowest BCUT2D eigenvalue weighted by atomic mass is 9.93. The van der Waals surface area contributed by atoms with Crippen molar-refractivity contribution in [3.05, 3.63) is 105 Å². The largest absolute Gasteiger partial charge is 0.465 e. The van der Waals surface area contributed by atoms with E-state index in [2.05, 4.69) is 28.1 Å². The zero-order valence-corrected chi connectivity index (χ0v) is 22.1. The number of imidazole rings is 1. The first-order valence-electron chi connectivity index (χ1n) is 13.2. The zero-order chi connectivity index (χ0) is 26.5. The van der Waals surface area contributed by atoms with E-state index in [1.165, 1.54) is 5.56 Å². The summed E-state index contributed by atoms with van der Waals surface area (Å²) in [5.41, 5.74) is 3.94. The molecule has 1 amide bonds. The van der Waals surface area contributed by atoms with Crippen molar-refractivity contribution in [2.75, 3.05) is 13.1 Å². The van der Waals surface area contributed by atoms with Gasteiger partial charge < -0.3 is 15.0 Å². The Kier molecular flexibility index (Phi) is 8.15. The van der Waals surface area contributed by atoms with Gasteiger partial charge in [-0.25, -0.2) is 9.59 Å². The van der Waals surface area contributed by atoms with Crippen molar-refractivity contribution in [2.45, 2.75) is 50.9 Å². The summed E-state index contributed by atoms with van der Waals surface area (Å²) in [6.07, 6.45) is 1.94. The fourth-order valence-electron chi connectivity index (χ4n) is 5.73. The van der Waals surface area contributed by atoms with Crippen LogP contribution < -0.4 is 5.69 Å². The third-order valence-corrected chi connectivity index (χ3v) is 7.71. The first-order chi connectivity index (χ1) is 18.5. The molecule has 2 heterocycles. The van der Waals surface area contributed by atoms with Gasteiger partial charge in [0, 0.05) is 36.7 Å². The molecule has 2 atom stereocenters. The Labute approximate surface area is 227 Å². The average Bonchev–Trinajstić information content (AvgIpc) is 3.24. The maximum absolute atomic E-state index is 12.8. The summed E-state index contributed by atoms with van der Waals surface area (Å²) in [7, 11) is 0. The van der Waals surface area contributed by atoms with Gasteiger partial charge in [-0.1, -0.05) is 66.2 Å². The van der Waals surface area contributed by atoms with Crippen LogP contribution in [-0.4, -0.2) is 49.7 Å². The summed E-state index contributed by atoms with van der Waals surface area (Å²) >= 11 is 6.24. The van der Waals surface area contributed by atoms with Crippen LogP contribution in [0.5, 0.6) is 0 Å². The van der Waals surface area contributed by atoms with Crippen LogP contribution >= 0.6 is 11.6 Å². The minimum absolute atomic E-state index is 0.0360. The Hall–Kier alpha value is -3.55. The molecule has 2 N–H and O–H groups in total. The number of benzene rings is 3. The first-order valence-corrected chi connectivity index (χ1v) is 13.6. The van der Waals surface area contributed by atoms with Crippen molar-refractivity contribution in [3.8, 4) is 0 Å². The molecule has 1 aliphatic rings. The highest BCUT2D eigenvalue weighted by molar-refractivity contribution is 6.30. The summed E-state index contributed by atoms with van der Waals surface area (Å²) in [6.45, 7) is 2.81. The fraction of sp³-hybridized carbons (Fsp3) is 0.333. The van der Waals surface area contributed by atoms with Gasteiger partial charge in [0.15, 0.2) is 0 Å². The molecule has 0 saturated carbocycles. The lowest BCUT2D eigenvalue weighted by Gasteiger charge is -2.38. The standard InChI is InChI=1S/C30H33ClN4O3/c31-24-11-6-10-23(18-24)21-33(20-22-8-2-1-3-9-22)16-7-12-25-19-26(15-17-34(25)30(37)38)35-28-14-5-4-13-27(28)32-29(35)36/h1-6,8-11,13-14,18,25-26H,7,12,15-17,19-21H2,(H,32,36)(H,37,38)/t25-,26-/m0/s1. The number of aromatic amines is 1. The molecule has 0 aliphatic carbocycles. The third-order valence-electron chi connectivity index (χ3n) is 7.48. The molecule has 1 saturated heterocycles. The highest BCUT2D eigenvalue weighted by Gasteiger charge is 2.33. The number of para-hydroxylation sites is 2. The summed E-state index contributed by atoms with van der Waals surface area (Å²) < 4.78 is 1.82. The summed E-state index contributed by atoms with van der Waals surface area (Å²) in [6, 6.07) is 25.8. The van der Waals surface area contributed by atoms with E-state index in [1.807, 2.05) is 65.2 Å². The van der Waals surface area contributed by atoms with Gasteiger partial charge in [-0.3, -0.25) is 9.47 Å². The van der Waals surface area contributed by atoms with Gasteiger partial charge in [-0.15, -0.1) is 0 Å². The van der Waals surface area contributed by atoms with Gasteiger partial charge in [0.1, 0.15) is 0 Å². The predicted octanol–water partition coefficient (Wildman–Crippen LogP) is 6.15. The second-order valence-corrected chi connectivity index (χ2v) is 10.5. The lowest BCUT2D eigenvalue weighted by Crippen LogP contribution is -2.47. The molecule has 0 radical (unpaired) electrons. The number of nitrogens with zero attached hydrogens (tertiary/aromatic N) is 3. The summed E-state index contributed by atoms with van der Waals surface area (Å²) in [5.74, 6) is 0. The summed E-state index contributed by atoms with van der Waals surface area (Å²) in [5, 5.41) is 10.6. The van der Waals surface area contributed by atoms with E-state index < -0.39 is 6.09 Å². The number of likely N-dealkylation sites (tertiary alicyclic amines) is 1. The normalized spacial score (nSPS) is 17.8. The maximum atomic E-state index is 12.8. The summed E-state index contributed by atoms with van der Waals surface area (Å²) in [4.78, 5) is 31.8. The van der Waals surface area contributed by atoms with Crippen molar-refractivity contribution in [1.29, 1.82) is 0 Å². The highest BCUT2D eigenvalue weighted by Crippen LogP contribution is 2.31. The van der Waals surface area contributed by atoms with E-state index in [-0.39, 0.29) is 17.8 Å². The molecule has 1 aliphatic heterocycles. The van der Waals surface area contributed by atoms with E-state index in [0.717, 1.165) is 54.1 Å². The van der Waals surface area contributed by atoms with Crippen LogP contribution in [0.2, 0.25) is 5.02 Å². The number of hydrogen-bond donors (Lipinski definition) is 2. The Morgan fingerprint density at radius 2 is 1.74 bits per heavy atom. The SMILES string of the molecule is O=C(O)N1CC[C@H](n2c(=O)[nH]c3ccccc32)C[C@@H]1CCCN(Cc1ccccc1)Cc1cccc(Cl)c1. The number of amides is 1. The van der Waals surface area contributed by atoms with Gasteiger partial charge in [0.2, 0.25) is 0 Å². The van der Waals surface area contributed by atoms with E-state index in [1.54, 1.807) is 4.90 Å². The Morgan fingerprint density at radius 1 is 1.00 bits per heavy atom. The zero-order valence-electron chi connectivity index (χ0n) is 21.3. The van der Waals surface area contributed by atoms with Crippen LogP contribution in [-0.2, 0) is 13.1 Å². The molecule has 8 heteroatoms. The molecule has 0 bridgehead atoms. The Balaban J connectivity index is 1.29. The number of halogens is 1. The highest BCUT2D eigenvalue weighted by atomic mass is 35.5. The average molecular weight is 533 g/mol. The van der Waals surface area contributed by atoms with Crippen molar-refractivity contribution in [2.24, 2.45) is 0 Å². The number of H-pyrrole nitrogens is 1. The van der Waals surface area contributed by atoms with E-state index in [0.29, 0.717) is 19.4 Å². The monoisotopic (exact) mass is 532 g/mol. The minimum Gasteiger partial charge on any atom is -0.465 e. The van der Waals surface area contributed by atoms with Crippen molar-refractivity contribution in [3.63, 3.8) is 0 Å². The molecule has 0 spiro atoms. The second-order valence-electron chi connectivity index (χ2n) is 10.1. The van der Waals surface area contributed by atoms with Crippen LogP contribution in [0, 0.1) is 0 Å². The van der Waals surface area contributed by atoms with Gasteiger partial charge >= 0.3 is 11.8 Å². The molecular formula is C30H33ClN4O3. The quantitative estimate of drug-likeness (QED) is 0.271. The number of aromatic nitrogens is 2. The van der Waals surface area contributed by atoms with Crippen LogP contribution in [0.25, 0.3) is 11.0 Å². The third kappa shape index (κ3) is 6.11. The molecule has 5 rings (SSSR count). The van der Waals surface area contributed by atoms with Crippen molar-refractivity contribution in [1.82, 2.24) is 19.4 Å². The van der Waals surface area contributed by atoms with Crippen molar-refractivity contribution < 1.29 is 9.90 Å². The molecule has 4 aromatic rings. The number of fused-ring (bicyclic) bond motifs is 1.